The highest BCUT2D eigenvalue weighted by atomic mass is 35.5. The number of nitrogens with zero attached hydrogens (tertiary/aromatic N) is 2. The molecule has 0 aliphatic heterocycles. The molecule has 0 saturated heterocycles. The van der Waals surface area contributed by atoms with Crippen LogP contribution < -0.4 is 0 Å². The van der Waals surface area contributed by atoms with Gasteiger partial charge in [-0.2, -0.15) is 0 Å². The van der Waals surface area contributed by atoms with E-state index in [0.29, 0.717) is 20.8 Å². The first-order chi connectivity index (χ1) is 17.1. The Balaban J connectivity index is 1.74. The molecule has 35 heavy (non-hydrogen) atoms. The van der Waals surface area contributed by atoms with Crippen LogP contribution >= 0.6 is 23.2 Å². The predicted octanol–water partition coefficient (Wildman–Crippen LogP) is 7.34. The molecule has 0 saturated carbocycles. The second-order valence-corrected chi connectivity index (χ2v) is 10.3. The van der Waals surface area contributed by atoms with Crippen LogP contribution in [0, 0.1) is 0 Å². The van der Waals surface area contributed by atoms with E-state index in [9.17, 15) is 4.21 Å². The van der Waals surface area contributed by atoms with Crippen molar-refractivity contribution in [2.24, 2.45) is 0 Å². The fourth-order valence-corrected chi connectivity index (χ4v) is 6.32. The minimum Gasteiger partial charge on any atom is -0.316 e. The molecule has 0 amide bonds. The first kappa shape index (κ1) is 23.6. The van der Waals surface area contributed by atoms with E-state index in [1.807, 2.05) is 60.8 Å². The zero-order valence-corrected chi connectivity index (χ0v) is 21.0. The van der Waals surface area contributed by atoms with Crippen molar-refractivity contribution < 1.29 is 4.21 Å². The van der Waals surface area contributed by atoms with Crippen LogP contribution in [-0.4, -0.2) is 13.8 Å². The molecule has 0 N–H and O–H groups in total. The van der Waals surface area contributed by atoms with Crippen molar-refractivity contribution >= 4 is 34.0 Å². The molecule has 1 aromatic heterocycles. The quantitative estimate of drug-likeness (QED) is 0.212. The SMILES string of the molecule is O=S(Cc1nccn1C(c1ccccc1)(c1ccccc1)c1ccccc1)c1cccc(Cl)c1Cl. The average Bonchev–Trinajstić information content (AvgIpc) is 3.36. The van der Waals surface area contributed by atoms with Crippen molar-refractivity contribution in [1.82, 2.24) is 9.55 Å². The predicted molar refractivity (Wildman–Crippen MR) is 143 cm³/mol. The summed E-state index contributed by atoms with van der Waals surface area (Å²) in [6.45, 7) is 0. The molecule has 0 radical (unpaired) electrons. The molecule has 0 bridgehead atoms. The first-order valence-electron chi connectivity index (χ1n) is 11.1. The highest BCUT2D eigenvalue weighted by molar-refractivity contribution is 7.84. The molecule has 3 nitrogen and oxygen atoms in total. The monoisotopic (exact) mass is 516 g/mol. The summed E-state index contributed by atoms with van der Waals surface area (Å²) in [4.78, 5) is 5.17. The Kier molecular flexibility index (Phi) is 6.87. The van der Waals surface area contributed by atoms with Crippen LogP contribution in [-0.2, 0) is 22.1 Å². The minimum atomic E-state index is -1.45. The van der Waals surface area contributed by atoms with Gasteiger partial charge in [0.05, 0.1) is 31.5 Å². The summed E-state index contributed by atoms with van der Waals surface area (Å²) in [6, 6.07) is 36.2. The smallest absolute Gasteiger partial charge is 0.122 e. The lowest BCUT2D eigenvalue weighted by atomic mass is 9.76. The lowest BCUT2D eigenvalue weighted by molar-refractivity contribution is 0.499. The lowest BCUT2D eigenvalue weighted by Gasteiger charge is -2.38. The van der Waals surface area contributed by atoms with Gasteiger partial charge in [-0.25, -0.2) is 4.98 Å². The number of aromatic nitrogens is 2. The molecular formula is C29H22Cl2N2OS. The summed E-state index contributed by atoms with van der Waals surface area (Å²) < 4.78 is 15.6. The molecule has 5 aromatic rings. The topological polar surface area (TPSA) is 34.9 Å². The number of halogens is 2. The zero-order chi connectivity index (χ0) is 24.3. The van der Waals surface area contributed by atoms with E-state index in [2.05, 4.69) is 45.9 Å². The largest absolute Gasteiger partial charge is 0.316 e. The van der Waals surface area contributed by atoms with E-state index in [0.717, 1.165) is 16.7 Å². The van der Waals surface area contributed by atoms with Gasteiger partial charge in [0.25, 0.3) is 0 Å². The molecule has 0 fully saturated rings. The Morgan fingerprint density at radius 3 is 1.74 bits per heavy atom. The molecule has 5 rings (SSSR count). The van der Waals surface area contributed by atoms with E-state index in [1.165, 1.54) is 0 Å². The van der Waals surface area contributed by atoms with Gasteiger partial charge in [0.15, 0.2) is 0 Å². The third-order valence-corrected chi connectivity index (χ3v) is 8.36. The number of benzene rings is 4. The lowest BCUT2D eigenvalue weighted by Crippen LogP contribution is -2.38. The molecule has 4 aromatic carbocycles. The van der Waals surface area contributed by atoms with E-state index in [4.69, 9.17) is 23.2 Å². The summed E-state index contributed by atoms with van der Waals surface area (Å²) >= 11 is 12.6. The normalized spacial score (nSPS) is 12.4. The minimum absolute atomic E-state index is 0.182. The molecule has 174 valence electrons. The van der Waals surface area contributed by atoms with Gasteiger partial charge in [-0.15, -0.1) is 0 Å². The van der Waals surface area contributed by atoms with Crippen LogP contribution in [0.4, 0.5) is 0 Å². The van der Waals surface area contributed by atoms with Crippen LogP contribution in [0.15, 0.2) is 126 Å². The van der Waals surface area contributed by atoms with Crippen LogP contribution in [0.5, 0.6) is 0 Å². The number of hydrogen-bond acceptors (Lipinski definition) is 2. The van der Waals surface area contributed by atoms with Gasteiger partial charge in [0.1, 0.15) is 11.4 Å². The standard InChI is InChI=1S/C29H22Cl2N2OS/c30-25-17-10-18-26(28(25)31)35(34)21-27-32-19-20-33(27)29(22-11-4-1-5-12-22,23-13-6-2-7-14-23)24-15-8-3-9-16-24/h1-20H,21H2. The maximum absolute atomic E-state index is 13.5. The van der Waals surface area contributed by atoms with Gasteiger partial charge in [-0.1, -0.05) is 120 Å². The molecule has 1 unspecified atom stereocenters. The van der Waals surface area contributed by atoms with E-state index < -0.39 is 16.3 Å². The molecule has 0 aliphatic rings. The van der Waals surface area contributed by atoms with E-state index in [-0.39, 0.29) is 5.75 Å². The van der Waals surface area contributed by atoms with Crippen molar-refractivity contribution in [2.45, 2.75) is 16.2 Å². The zero-order valence-electron chi connectivity index (χ0n) is 18.7. The number of hydrogen-bond donors (Lipinski definition) is 0. The van der Waals surface area contributed by atoms with Gasteiger partial charge in [0.2, 0.25) is 0 Å². The van der Waals surface area contributed by atoms with Crippen LogP contribution in [0.1, 0.15) is 22.5 Å². The van der Waals surface area contributed by atoms with Crippen LogP contribution in [0.2, 0.25) is 10.0 Å². The third kappa shape index (κ3) is 4.34. The number of rotatable bonds is 7. The van der Waals surface area contributed by atoms with Gasteiger partial charge in [0, 0.05) is 12.4 Å². The fraction of sp³-hybridized carbons (Fsp3) is 0.0690. The van der Waals surface area contributed by atoms with Gasteiger partial charge >= 0.3 is 0 Å². The first-order valence-corrected chi connectivity index (χ1v) is 13.2. The highest BCUT2D eigenvalue weighted by Gasteiger charge is 2.39. The summed E-state index contributed by atoms with van der Waals surface area (Å²) in [5.41, 5.74) is 2.49. The Morgan fingerprint density at radius 1 is 0.714 bits per heavy atom. The second-order valence-electron chi connectivity index (χ2n) is 8.06. The molecule has 0 aliphatic carbocycles. The molecule has 0 spiro atoms. The van der Waals surface area contributed by atoms with Crippen LogP contribution in [0.25, 0.3) is 0 Å². The maximum Gasteiger partial charge on any atom is 0.122 e. The van der Waals surface area contributed by atoms with Crippen molar-refractivity contribution in [3.05, 3.63) is 154 Å². The van der Waals surface area contributed by atoms with Crippen molar-refractivity contribution in [3.8, 4) is 0 Å². The van der Waals surface area contributed by atoms with Gasteiger partial charge < -0.3 is 4.57 Å². The Labute approximate surface area is 217 Å². The molecule has 1 heterocycles. The van der Waals surface area contributed by atoms with E-state index >= 15 is 0 Å². The third-order valence-electron chi connectivity index (χ3n) is 6.08. The molecule has 1 atom stereocenters. The Morgan fingerprint density at radius 2 is 1.23 bits per heavy atom. The molecular weight excluding hydrogens is 495 g/mol. The summed E-state index contributed by atoms with van der Waals surface area (Å²) in [6.07, 6.45) is 3.72. The van der Waals surface area contributed by atoms with Gasteiger partial charge in [-0.05, 0) is 28.8 Å². The Hall–Kier alpha value is -3.18. The van der Waals surface area contributed by atoms with Crippen molar-refractivity contribution in [2.75, 3.05) is 0 Å². The second kappa shape index (κ2) is 10.2. The summed E-state index contributed by atoms with van der Waals surface area (Å²) in [7, 11) is -1.45. The van der Waals surface area contributed by atoms with Crippen molar-refractivity contribution in [1.29, 1.82) is 0 Å². The van der Waals surface area contributed by atoms with Crippen LogP contribution in [0.3, 0.4) is 0 Å². The summed E-state index contributed by atoms with van der Waals surface area (Å²) in [5.74, 6) is 0.859. The van der Waals surface area contributed by atoms with Gasteiger partial charge in [-0.3, -0.25) is 4.21 Å². The maximum atomic E-state index is 13.5. The fourth-order valence-electron chi connectivity index (χ4n) is 4.56. The summed E-state index contributed by atoms with van der Waals surface area (Å²) in [5, 5.41) is 0.694. The highest BCUT2D eigenvalue weighted by Crippen LogP contribution is 2.42. The van der Waals surface area contributed by atoms with Crippen molar-refractivity contribution in [3.63, 3.8) is 0 Å². The number of imidazole rings is 1. The Bertz CT molecular complexity index is 1360. The average molecular weight is 517 g/mol. The van der Waals surface area contributed by atoms with E-state index in [1.54, 1.807) is 24.4 Å². The molecule has 6 heteroatoms.